The van der Waals surface area contributed by atoms with E-state index in [4.69, 9.17) is 4.84 Å². The molecule has 0 amide bonds. The fraction of sp³-hybridized carbons (Fsp3) is 0.125. The number of benzene rings is 2. The summed E-state index contributed by atoms with van der Waals surface area (Å²) in [5.74, 6) is 0. The lowest BCUT2D eigenvalue weighted by atomic mass is 10.2. The lowest BCUT2D eigenvalue weighted by Crippen LogP contribution is -2.13. The summed E-state index contributed by atoms with van der Waals surface area (Å²) in [6.45, 7) is 1.26. The van der Waals surface area contributed by atoms with Crippen LogP contribution in [0, 0.1) is 0 Å². The number of aromatic nitrogens is 1. The Hall–Kier alpha value is -2.10. The van der Waals surface area contributed by atoms with Gasteiger partial charge in [-0.3, -0.25) is 4.84 Å². The highest BCUT2D eigenvalue weighted by molar-refractivity contribution is 5.82. The molecule has 0 bridgehead atoms. The largest absolute Gasteiger partial charge is 0.361 e. The molecular formula is C16H16N2O. The third-order valence-corrected chi connectivity index (χ3v) is 3.12. The van der Waals surface area contributed by atoms with Crippen molar-refractivity contribution in [1.82, 2.24) is 10.5 Å². The minimum Gasteiger partial charge on any atom is -0.361 e. The first-order valence-corrected chi connectivity index (χ1v) is 6.37. The molecule has 0 radical (unpaired) electrons. The van der Waals surface area contributed by atoms with E-state index in [0.717, 1.165) is 11.1 Å². The fourth-order valence-corrected chi connectivity index (χ4v) is 2.12. The van der Waals surface area contributed by atoms with Gasteiger partial charge in [0.25, 0.3) is 0 Å². The highest BCUT2D eigenvalue weighted by Crippen LogP contribution is 2.17. The van der Waals surface area contributed by atoms with Gasteiger partial charge in [-0.25, -0.2) is 0 Å². The molecule has 0 saturated heterocycles. The van der Waals surface area contributed by atoms with Gasteiger partial charge in [-0.1, -0.05) is 48.5 Å². The zero-order valence-corrected chi connectivity index (χ0v) is 10.6. The van der Waals surface area contributed by atoms with Gasteiger partial charge in [0.15, 0.2) is 0 Å². The van der Waals surface area contributed by atoms with Crippen LogP contribution in [0.15, 0.2) is 60.8 Å². The number of rotatable bonds is 5. The van der Waals surface area contributed by atoms with Gasteiger partial charge in [0.05, 0.1) is 6.61 Å². The molecule has 3 nitrogen and oxygen atoms in total. The van der Waals surface area contributed by atoms with Crippen LogP contribution in [0.4, 0.5) is 0 Å². The number of H-pyrrole nitrogens is 1. The van der Waals surface area contributed by atoms with Crippen molar-refractivity contribution in [2.45, 2.75) is 13.2 Å². The molecule has 0 saturated carbocycles. The lowest BCUT2D eigenvalue weighted by molar-refractivity contribution is 0.0237. The Labute approximate surface area is 112 Å². The summed E-state index contributed by atoms with van der Waals surface area (Å²) in [6, 6.07) is 18.4. The second kappa shape index (κ2) is 5.69. The zero-order valence-electron chi connectivity index (χ0n) is 10.6. The van der Waals surface area contributed by atoms with Gasteiger partial charge in [-0.15, -0.1) is 0 Å². The maximum Gasteiger partial charge on any atom is 0.0933 e. The van der Waals surface area contributed by atoms with Crippen LogP contribution in [-0.4, -0.2) is 4.98 Å². The Morgan fingerprint density at radius 3 is 2.63 bits per heavy atom. The van der Waals surface area contributed by atoms with E-state index in [-0.39, 0.29) is 0 Å². The summed E-state index contributed by atoms with van der Waals surface area (Å²) >= 11 is 0. The van der Waals surface area contributed by atoms with Crippen LogP contribution in [-0.2, 0) is 18.0 Å². The van der Waals surface area contributed by atoms with E-state index in [9.17, 15) is 0 Å². The van der Waals surface area contributed by atoms with Crippen molar-refractivity contribution >= 4 is 10.9 Å². The Kier molecular flexibility index (Phi) is 3.58. The molecule has 0 fully saturated rings. The van der Waals surface area contributed by atoms with Gasteiger partial charge in [0, 0.05) is 23.6 Å². The first-order valence-electron chi connectivity index (χ1n) is 6.37. The first kappa shape index (κ1) is 12.0. The topological polar surface area (TPSA) is 37.0 Å². The van der Waals surface area contributed by atoms with Crippen molar-refractivity contribution < 1.29 is 4.84 Å². The van der Waals surface area contributed by atoms with Crippen molar-refractivity contribution in [3.63, 3.8) is 0 Å². The van der Waals surface area contributed by atoms with E-state index in [1.165, 1.54) is 10.9 Å². The second-order valence-corrected chi connectivity index (χ2v) is 4.45. The Bertz CT molecular complexity index is 646. The van der Waals surface area contributed by atoms with Gasteiger partial charge in [-0.05, 0) is 17.2 Å². The van der Waals surface area contributed by atoms with Crippen LogP contribution in [0.3, 0.4) is 0 Å². The summed E-state index contributed by atoms with van der Waals surface area (Å²) in [5, 5.41) is 1.23. The fourth-order valence-electron chi connectivity index (χ4n) is 2.12. The number of fused-ring (bicyclic) bond motifs is 1. The monoisotopic (exact) mass is 252 g/mol. The molecule has 0 atom stereocenters. The van der Waals surface area contributed by atoms with Crippen LogP contribution in [0.25, 0.3) is 10.9 Å². The third kappa shape index (κ3) is 2.84. The summed E-state index contributed by atoms with van der Waals surface area (Å²) in [5.41, 5.74) is 6.54. The molecule has 2 aromatic carbocycles. The number of hydrogen-bond donors (Lipinski definition) is 2. The smallest absolute Gasteiger partial charge is 0.0933 e. The number of nitrogens with one attached hydrogen (secondary N) is 2. The SMILES string of the molecule is c1ccc(CONCc2c[nH]c3ccccc23)cc1. The number of hydroxylamine groups is 1. The van der Waals surface area contributed by atoms with E-state index in [1.54, 1.807) is 0 Å². The van der Waals surface area contributed by atoms with Crippen LogP contribution in [0.1, 0.15) is 11.1 Å². The number of hydrogen-bond acceptors (Lipinski definition) is 2. The second-order valence-electron chi connectivity index (χ2n) is 4.45. The quantitative estimate of drug-likeness (QED) is 0.539. The Morgan fingerprint density at radius 1 is 0.947 bits per heavy atom. The predicted octanol–water partition coefficient (Wildman–Crippen LogP) is 3.39. The van der Waals surface area contributed by atoms with E-state index < -0.39 is 0 Å². The Balaban J connectivity index is 1.55. The molecule has 3 heteroatoms. The highest BCUT2D eigenvalue weighted by atomic mass is 16.6. The standard InChI is InChI=1S/C16H16N2O/c1-2-6-13(7-3-1)12-19-18-11-14-10-17-16-9-5-4-8-15(14)16/h1-10,17-18H,11-12H2. The van der Waals surface area contributed by atoms with Gasteiger partial charge in [0.2, 0.25) is 0 Å². The van der Waals surface area contributed by atoms with E-state index in [2.05, 4.69) is 22.6 Å². The molecule has 3 rings (SSSR count). The summed E-state index contributed by atoms with van der Waals surface area (Å²) < 4.78 is 0. The average Bonchev–Trinajstić information content (AvgIpc) is 2.88. The van der Waals surface area contributed by atoms with Crippen molar-refractivity contribution in [2.75, 3.05) is 0 Å². The number of aromatic amines is 1. The van der Waals surface area contributed by atoms with Gasteiger partial charge >= 0.3 is 0 Å². The minimum absolute atomic E-state index is 0.573. The lowest BCUT2D eigenvalue weighted by Gasteiger charge is -2.05. The van der Waals surface area contributed by atoms with Crippen molar-refractivity contribution in [1.29, 1.82) is 0 Å². The molecule has 1 aromatic heterocycles. The van der Waals surface area contributed by atoms with Crippen molar-refractivity contribution in [2.24, 2.45) is 0 Å². The summed E-state index contributed by atoms with van der Waals surface area (Å²) in [7, 11) is 0. The van der Waals surface area contributed by atoms with Gasteiger partial charge < -0.3 is 4.98 Å². The highest BCUT2D eigenvalue weighted by Gasteiger charge is 2.01. The first-order chi connectivity index (χ1) is 9.43. The zero-order chi connectivity index (χ0) is 12.9. The average molecular weight is 252 g/mol. The van der Waals surface area contributed by atoms with E-state index >= 15 is 0 Å². The molecule has 0 spiro atoms. The molecular weight excluding hydrogens is 236 g/mol. The number of para-hydroxylation sites is 1. The Morgan fingerprint density at radius 2 is 1.74 bits per heavy atom. The van der Waals surface area contributed by atoms with Crippen LogP contribution in [0.5, 0.6) is 0 Å². The molecule has 3 aromatic rings. The van der Waals surface area contributed by atoms with Crippen molar-refractivity contribution in [3.05, 3.63) is 71.9 Å². The van der Waals surface area contributed by atoms with E-state index in [0.29, 0.717) is 13.2 Å². The van der Waals surface area contributed by atoms with Crippen LogP contribution in [0.2, 0.25) is 0 Å². The maximum absolute atomic E-state index is 5.48. The third-order valence-electron chi connectivity index (χ3n) is 3.12. The van der Waals surface area contributed by atoms with Gasteiger partial charge in [0.1, 0.15) is 0 Å². The molecule has 1 heterocycles. The molecule has 96 valence electrons. The molecule has 2 N–H and O–H groups in total. The molecule has 19 heavy (non-hydrogen) atoms. The minimum atomic E-state index is 0.573. The predicted molar refractivity (Wildman–Crippen MR) is 76.4 cm³/mol. The maximum atomic E-state index is 5.48. The summed E-state index contributed by atoms with van der Waals surface area (Å²) in [6.07, 6.45) is 2.02. The molecule has 0 unspecified atom stereocenters. The van der Waals surface area contributed by atoms with Crippen LogP contribution < -0.4 is 5.48 Å². The summed E-state index contributed by atoms with van der Waals surface area (Å²) in [4.78, 5) is 8.73. The van der Waals surface area contributed by atoms with Crippen LogP contribution >= 0.6 is 0 Å². The molecule has 0 aliphatic rings. The van der Waals surface area contributed by atoms with Gasteiger partial charge in [-0.2, -0.15) is 5.48 Å². The molecule has 0 aliphatic heterocycles. The van der Waals surface area contributed by atoms with Crippen molar-refractivity contribution in [3.8, 4) is 0 Å². The normalized spacial score (nSPS) is 10.9. The van der Waals surface area contributed by atoms with E-state index in [1.807, 2.05) is 48.7 Å². The molecule has 0 aliphatic carbocycles.